The van der Waals surface area contributed by atoms with Crippen molar-refractivity contribution in [3.63, 3.8) is 0 Å². The molecule has 27 heavy (non-hydrogen) atoms. The maximum Gasteiger partial charge on any atom is 0.312 e. The monoisotopic (exact) mass is 372 g/mol. The van der Waals surface area contributed by atoms with Crippen LogP contribution in [-0.2, 0) is 9.53 Å². The minimum Gasteiger partial charge on any atom is -0.494 e. The van der Waals surface area contributed by atoms with Crippen LogP contribution >= 0.6 is 0 Å². The maximum atomic E-state index is 13.0. The van der Waals surface area contributed by atoms with Crippen molar-refractivity contribution < 1.29 is 24.2 Å². The topological polar surface area (TPSA) is 72.8 Å². The van der Waals surface area contributed by atoms with Crippen molar-refractivity contribution in [2.75, 3.05) is 6.61 Å². The highest BCUT2D eigenvalue weighted by molar-refractivity contribution is 6.00. The van der Waals surface area contributed by atoms with Crippen molar-refractivity contribution in [1.29, 1.82) is 0 Å². The zero-order valence-electron chi connectivity index (χ0n) is 16.1. The van der Waals surface area contributed by atoms with Crippen molar-refractivity contribution >= 4 is 11.8 Å². The number of aliphatic hydroxyl groups is 1. The van der Waals surface area contributed by atoms with Crippen LogP contribution in [0.4, 0.5) is 0 Å². The van der Waals surface area contributed by atoms with Crippen LogP contribution in [0.25, 0.3) is 0 Å². The largest absolute Gasteiger partial charge is 0.494 e. The number of esters is 1. The Labute approximate surface area is 160 Å². The predicted octanol–water partition coefficient (Wildman–Crippen LogP) is 3.53. The number of ketones is 1. The molecule has 3 unspecified atom stereocenters. The van der Waals surface area contributed by atoms with E-state index in [1.54, 1.807) is 31.2 Å². The van der Waals surface area contributed by atoms with Gasteiger partial charge in [0, 0.05) is 5.56 Å². The number of rotatable bonds is 6. The number of hydrogen-bond acceptors (Lipinski definition) is 5. The lowest BCUT2D eigenvalue weighted by molar-refractivity contribution is -0.197. The highest BCUT2D eigenvalue weighted by atomic mass is 16.5. The molecule has 4 saturated carbocycles. The summed E-state index contributed by atoms with van der Waals surface area (Å²) in [7, 11) is 0. The van der Waals surface area contributed by atoms with Gasteiger partial charge in [0.1, 0.15) is 5.75 Å². The van der Waals surface area contributed by atoms with Gasteiger partial charge in [0.25, 0.3) is 0 Å². The van der Waals surface area contributed by atoms with E-state index in [9.17, 15) is 14.7 Å². The molecule has 5 rings (SSSR count). The third kappa shape index (κ3) is 3.38. The standard InChI is InChI=1S/C22H28O5/c1-3-26-18-6-4-17(5-7-18)19(23)14(2)27-20(24)21-9-15-8-16(10-21)12-22(25,11-15)13-21/h4-7,14-16,25H,3,8-13H2,1-2H3. The van der Waals surface area contributed by atoms with E-state index in [1.165, 1.54) is 0 Å². The lowest BCUT2D eigenvalue weighted by Crippen LogP contribution is -2.58. The number of ether oxygens (including phenoxy) is 2. The molecule has 4 aliphatic rings. The number of Topliss-reactive ketones (excluding diaryl/α,β-unsaturated/α-hetero) is 1. The number of carbonyl (C=O) groups excluding carboxylic acids is 2. The minimum absolute atomic E-state index is 0.213. The summed E-state index contributed by atoms with van der Waals surface area (Å²) in [6, 6.07) is 6.90. The van der Waals surface area contributed by atoms with Crippen LogP contribution in [0.15, 0.2) is 24.3 Å². The van der Waals surface area contributed by atoms with E-state index in [2.05, 4.69) is 0 Å². The summed E-state index contributed by atoms with van der Waals surface area (Å²) in [4.78, 5) is 25.7. The first kappa shape index (κ1) is 18.5. The molecule has 4 fully saturated rings. The molecule has 0 spiro atoms. The van der Waals surface area contributed by atoms with Gasteiger partial charge in [-0.2, -0.15) is 0 Å². The van der Waals surface area contributed by atoms with Crippen LogP contribution in [-0.4, -0.2) is 35.2 Å². The van der Waals surface area contributed by atoms with E-state index in [1.807, 2.05) is 6.92 Å². The molecule has 1 aromatic carbocycles. The first-order valence-corrected chi connectivity index (χ1v) is 10.0. The minimum atomic E-state index is -0.835. The van der Waals surface area contributed by atoms with E-state index in [-0.39, 0.29) is 11.8 Å². The van der Waals surface area contributed by atoms with E-state index in [4.69, 9.17) is 9.47 Å². The summed E-state index contributed by atoms with van der Waals surface area (Å²) in [5.74, 6) is 0.999. The molecule has 0 heterocycles. The van der Waals surface area contributed by atoms with Crippen molar-refractivity contribution in [3.8, 4) is 5.75 Å². The Bertz CT molecular complexity index is 724. The Morgan fingerprint density at radius 1 is 1.15 bits per heavy atom. The lowest BCUT2D eigenvalue weighted by atomic mass is 9.48. The number of carbonyl (C=O) groups is 2. The Balaban J connectivity index is 1.44. The van der Waals surface area contributed by atoms with Gasteiger partial charge in [0.15, 0.2) is 6.10 Å². The molecule has 0 aromatic heterocycles. The molecule has 3 atom stereocenters. The SMILES string of the molecule is CCOc1ccc(C(=O)C(C)OC(=O)C23CC4CC(CC(O)(C4)C2)C3)cc1. The molecule has 5 heteroatoms. The van der Waals surface area contributed by atoms with E-state index < -0.39 is 17.1 Å². The van der Waals surface area contributed by atoms with Gasteiger partial charge in [0.2, 0.25) is 5.78 Å². The zero-order chi connectivity index (χ0) is 19.2. The van der Waals surface area contributed by atoms with Crippen LogP contribution in [0.2, 0.25) is 0 Å². The maximum absolute atomic E-state index is 13.0. The van der Waals surface area contributed by atoms with E-state index in [0.717, 1.165) is 32.1 Å². The highest BCUT2D eigenvalue weighted by Crippen LogP contribution is 2.62. The second kappa shape index (κ2) is 6.62. The first-order chi connectivity index (χ1) is 12.8. The Kier molecular flexibility index (Phi) is 4.53. The summed E-state index contributed by atoms with van der Waals surface area (Å²) in [5, 5.41) is 10.8. The molecular formula is C22H28O5. The van der Waals surface area contributed by atoms with Gasteiger partial charge in [0.05, 0.1) is 17.6 Å². The van der Waals surface area contributed by atoms with Gasteiger partial charge < -0.3 is 14.6 Å². The van der Waals surface area contributed by atoms with Crippen LogP contribution in [0.5, 0.6) is 5.75 Å². The van der Waals surface area contributed by atoms with Gasteiger partial charge in [-0.3, -0.25) is 9.59 Å². The molecule has 0 radical (unpaired) electrons. The normalized spacial score (nSPS) is 34.9. The fourth-order valence-corrected chi connectivity index (χ4v) is 5.91. The zero-order valence-corrected chi connectivity index (χ0v) is 16.1. The third-order valence-electron chi connectivity index (χ3n) is 6.57. The van der Waals surface area contributed by atoms with Gasteiger partial charge in [-0.1, -0.05) is 0 Å². The fraction of sp³-hybridized carbons (Fsp3) is 0.636. The summed E-state index contributed by atoms with van der Waals surface area (Å²) in [6.45, 7) is 4.10. The lowest BCUT2D eigenvalue weighted by Gasteiger charge is -2.58. The molecule has 4 bridgehead atoms. The Morgan fingerprint density at radius 3 is 2.33 bits per heavy atom. The van der Waals surface area contributed by atoms with Crippen LogP contribution in [0.3, 0.4) is 0 Å². The van der Waals surface area contributed by atoms with E-state index in [0.29, 0.717) is 36.2 Å². The molecule has 4 aliphatic carbocycles. The van der Waals surface area contributed by atoms with Crippen LogP contribution in [0, 0.1) is 17.3 Å². The molecule has 0 saturated heterocycles. The molecule has 146 valence electrons. The van der Waals surface area contributed by atoms with Crippen LogP contribution in [0.1, 0.15) is 62.7 Å². The fourth-order valence-electron chi connectivity index (χ4n) is 5.91. The third-order valence-corrected chi connectivity index (χ3v) is 6.57. The summed E-state index contributed by atoms with van der Waals surface area (Å²) >= 11 is 0. The van der Waals surface area contributed by atoms with Gasteiger partial charge in [-0.25, -0.2) is 0 Å². The Hall–Kier alpha value is -1.88. The van der Waals surface area contributed by atoms with E-state index >= 15 is 0 Å². The molecule has 0 aliphatic heterocycles. The highest BCUT2D eigenvalue weighted by Gasteiger charge is 2.61. The molecule has 0 amide bonds. The smallest absolute Gasteiger partial charge is 0.312 e. The summed E-state index contributed by atoms with van der Waals surface area (Å²) in [6.07, 6.45) is 3.94. The summed E-state index contributed by atoms with van der Waals surface area (Å²) < 4.78 is 11.0. The predicted molar refractivity (Wildman–Crippen MR) is 99.6 cm³/mol. The van der Waals surface area contributed by atoms with Gasteiger partial charge in [-0.15, -0.1) is 0 Å². The second-order valence-corrected chi connectivity index (χ2v) is 8.83. The van der Waals surface area contributed by atoms with Crippen molar-refractivity contribution in [1.82, 2.24) is 0 Å². The van der Waals surface area contributed by atoms with Gasteiger partial charge >= 0.3 is 5.97 Å². The van der Waals surface area contributed by atoms with Gasteiger partial charge in [-0.05, 0) is 88.5 Å². The van der Waals surface area contributed by atoms with Crippen molar-refractivity contribution in [2.45, 2.75) is 64.1 Å². The molecule has 1 N–H and O–H groups in total. The number of hydrogen-bond donors (Lipinski definition) is 1. The molecule has 5 nitrogen and oxygen atoms in total. The average Bonchev–Trinajstić information content (AvgIpc) is 2.60. The molecular weight excluding hydrogens is 344 g/mol. The quantitative estimate of drug-likeness (QED) is 0.611. The number of benzene rings is 1. The van der Waals surface area contributed by atoms with Crippen LogP contribution < -0.4 is 4.74 Å². The summed E-state index contributed by atoms with van der Waals surface area (Å²) in [5.41, 5.74) is -0.819. The van der Waals surface area contributed by atoms with Crippen molar-refractivity contribution in [2.24, 2.45) is 17.3 Å². The Morgan fingerprint density at radius 2 is 1.78 bits per heavy atom. The molecule has 1 aromatic rings. The first-order valence-electron chi connectivity index (χ1n) is 10.0. The average molecular weight is 372 g/mol. The van der Waals surface area contributed by atoms with Crippen molar-refractivity contribution in [3.05, 3.63) is 29.8 Å². The second-order valence-electron chi connectivity index (χ2n) is 8.83.